The number of carboxylic acid groups (broad SMARTS) is 1. The Labute approximate surface area is 155 Å². The van der Waals surface area contributed by atoms with Crippen LogP contribution in [0.25, 0.3) is 0 Å². The highest BCUT2D eigenvalue weighted by atomic mass is 16.6. The largest absolute Gasteiger partial charge is 0.478 e. The van der Waals surface area contributed by atoms with E-state index in [1.807, 2.05) is 32.9 Å². The lowest BCUT2D eigenvalue weighted by Gasteiger charge is -2.43. The van der Waals surface area contributed by atoms with Crippen LogP contribution in [0.5, 0.6) is 0 Å². The lowest BCUT2D eigenvalue weighted by atomic mass is 10.0. The summed E-state index contributed by atoms with van der Waals surface area (Å²) in [6.45, 7) is 9.45. The Balaban J connectivity index is 2.19. The maximum atomic E-state index is 12.6. The monoisotopic (exact) mass is 362 g/mol. The number of carbonyl (C=O) groups excluding carboxylic acids is 1. The zero-order valence-corrected chi connectivity index (χ0v) is 16.2. The fourth-order valence-electron chi connectivity index (χ4n) is 3.25. The minimum atomic E-state index is -0.930. The van der Waals surface area contributed by atoms with Gasteiger partial charge in [-0.05, 0) is 39.3 Å². The normalized spacial score (nSPS) is 17.9. The molecule has 2 rings (SSSR count). The van der Waals surface area contributed by atoms with Crippen molar-refractivity contribution in [3.63, 3.8) is 0 Å². The molecule has 1 amide bonds. The van der Waals surface area contributed by atoms with Crippen molar-refractivity contribution in [1.29, 1.82) is 0 Å². The van der Waals surface area contributed by atoms with E-state index in [0.29, 0.717) is 30.9 Å². The fraction of sp³-hybridized carbons (Fsp3) is 0.600. The number of carbonyl (C=O) groups is 2. The van der Waals surface area contributed by atoms with Crippen LogP contribution in [-0.2, 0) is 4.74 Å². The summed E-state index contributed by atoms with van der Waals surface area (Å²) in [6.07, 6.45) is 2.65. The molecule has 0 aliphatic carbocycles. The van der Waals surface area contributed by atoms with E-state index >= 15 is 0 Å². The van der Waals surface area contributed by atoms with Crippen LogP contribution < -0.4 is 4.90 Å². The minimum Gasteiger partial charge on any atom is -0.478 e. The van der Waals surface area contributed by atoms with Crippen LogP contribution in [0.4, 0.5) is 10.5 Å². The van der Waals surface area contributed by atoms with Crippen LogP contribution in [-0.4, -0.2) is 53.3 Å². The van der Waals surface area contributed by atoms with Gasteiger partial charge in [-0.1, -0.05) is 31.9 Å². The molecule has 26 heavy (non-hydrogen) atoms. The van der Waals surface area contributed by atoms with Crippen molar-refractivity contribution in [3.05, 3.63) is 29.8 Å². The SMILES string of the molecule is CCCC[C@@H]1CN(c2ccccc2C(=O)O)CCN1C(=O)OC(C)(C)C. The lowest BCUT2D eigenvalue weighted by molar-refractivity contribution is 0.0129. The van der Waals surface area contributed by atoms with Gasteiger partial charge in [0.15, 0.2) is 0 Å². The van der Waals surface area contributed by atoms with Crippen LogP contribution in [0.2, 0.25) is 0 Å². The van der Waals surface area contributed by atoms with Gasteiger partial charge in [0.1, 0.15) is 5.60 Å². The maximum absolute atomic E-state index is 12.6. The Morgan fingerprint density at radius 2 is 1.92 bits per heavy atom. The zero-order valence-electron chi connectivity index (χ0n) is 16.2. The van der Waals surface area contributed by atoms with Gasteiger partial charge in [-0.25, -0.2) is 9.59 Å². The number of nitrogens with zero attached hydrogens (tertiary/aromatic N) is 2. The first-order valence-corrected chi connectivity index (χ1v) is 9.30. The van der Waals surface area contributed by atoms with Gasteiger partial charge >= 0.3 is 12.1 Å². The predicted molar refractivity (Wildman–Crippen MR) is 102 cm³/mol. The highest BCUT2D eigenvalue weighted by Gasteiger charge is 2.33. The average Bonchev–Trinajstić information content (AvgIpc) is 2.58. The predicted octanol–water partition coefficient (Wildman–Crippen LogP) is 4.00. The highest BCUT2D eigenvalue weighted by Crippen LogP contribution is 2.26. The summed E-state index contributed by atoms with van der Waals surface area (Å²) < 4.78 is 5.56. The molecule has 1 atom stereocenters. The summed E-state index contributed by atoms with van der Waals surface area (Å²) in [5, 5.41) is 9.46. The number of para-hydroxylation sites is 1. The van der Waals surface area contributed by atoms with Gasteiger partial charge in [-0.15, -0.1) is 0 Å². The van der Waals surface area contributed by atoms with E-state index in [4.69, 9.17) is 4.74 Å². The van der Waals surface area contributed by atoms with E-state index in [0.717, 1.165) is 19.3 Å². The molecule has 6 nitrogen and oxygen atoms in total. The molecular formula is C20H30N2O4. The van der Waals surface area contributed by atoms with Crippen molar-refractivity contribution >= 4 is 17.7 Å². The zero-order chi connectivity index (χ0) is 19.3. The molecule has 1 aromatic rings. The smallest absolute Gasteiger partial charge is 0.410 e. The van der Waals surface area contributed by atoms with E-state index in [1.165, 1.54) is 0 Å². The van der Waals surface area contributed by atoms with Crippen molar-refractivity contribution in [2.24, 2.45) is 0 Å². The van der Waals surface area contributed by atoms with Crippen LogP contribution >= 0.6 is 0 Å². The Bertz CT molecular complexity index is 639. The number of hydrogen-bond acceptors (Lipinski definition) is 4. The molecule has 1 fully saturated rings. The molecule has 0 radical (unpaired) electrons. The molecule has 1 aliphatic heterocycles. The van der Waals surface area contributed by atoms with Gasteiger partial charge < -0.3 is 19.6 Å². The van der Waals surface area contributed by atoms with E-state index in [2.05, 4.69) is 11.8 Å². The van der Waals surface area contributed by atoms with Gasteiger partial charge in [-0.3, -0.25) is 0 Å². The summed E-state index contributed by atoms with van der Waals surface area (Å²) in [6, 6.07) is 7.06. The fourth-order valence-corrected chi connectivity index (χ4v) is 3.25. The molecule has 0 spiro atoms. The van der Waals surface area contributed by atoms with Crippen LogP contribution in [0.15, 0.2) is 24.3 Å². The number of rotatable bonds is 5. The Hall–Kier alpha value is -2.24. The molecule has 0 aromatic heterocycles. The number of aromatic carboxylic acids is 1. The molecule has 0 unspecified atom stereocenters. The molecule has 6 heteroatoms. The van der Waals surface area contributed by atoms with Crippen LogP contribution in [0.3, 0.4) is 0 Å². The second-order valence-corrected chi connectivity index (χ2v) is 7.74. The molecule has 144 valence electrons. The van der Waals surface area contributed by atoms with Gasteiger partial charge in [0, 0.05) is 19.6 Å². The molecule has 1 aromatic carbocycles. The first-order chi connectivity index (χ1) is 12.2. The van der Waals surface area contributed by atoms with Crippen molar-refractivity contribution < 1.29 is 19.4 Å². The minimum absolute atomic E-state index is 0.0143. The third-order valence-electron chi connectivity index (χ3n) is 4.48. The van der Waals surface area contributed by atoms with E-state index < -0.39 is 11.6 Å². The quantitative estimate of drug-likeness (QED) is 0.857. The van der Waals surface area contributed by atoms with Crippen molar-refractivity contribution in [2.45, 2.75) is 58.6 Å². The van der Waals surface area contributed by atoms with Crippen molar-refractivity contribution in [1.82, 2.24) is 4.90 Å². The summed E-state index contributed by atoms with van der Waals surface area (Å²) in [7, 11) is 0. The second-order valence-electron chi connectivity index (χ2n) is 7.74. The number of ether oxygens (including phenoxy) is 1. The first-order valence-electron chi connectivity index (χ1n) is 9.30. The summed E-state index contributed by atoms with van der Waals surface area (Å²) in [5.74, 6) is -0.930. The molecule has 1 saturated heterocycles. The molecule has 1 aliphatic rings. The molecule has 1 N–H and O–H groups in total. The van der Waals surface area contributed by atoms with Crippen molar-refractivity contribution in [3.8, 4) is 0 Å². The molecule has 0 bridgehead atoms. The summed E-state index contributed by atoms with van der Waals surface area (Å²) in [5.41, 5.74) is 0.484. The Morgan fingerprint density at radius 3 is 2.54 bits per heavy atom. The first kappa shape index (κ1) is 20.1. The number of benzene rings is 1. The highest BCUT2D eigenvalue weighted by molar-refractivity contribution is 5.94. The molecule has 0 saturated carbocycles. The van der Waals surface area contributed by atoms with Gasteiger partial charge in [0.25, 0.3) is 0 Å². The van der Waals surface area contributed by atoms with Crippen molar-refractivity contribution in [2.75, 3.05) is 24.5 Å². The lowest BCUT2D eigenvalue weighted by Crippen LogP contribution is -2.56. The number of carboxylic acids is 1. The summed E-state index contributed by atoms with van der Waals surface area (Å²) in [4.78, 5) is 28.0. The number of piperazine rings is 1. The average molecular weight is 362 g/mol. The summed E-state index contributed by atoms with van der Waals surface area (Å²) >= 11 is 0. The molecule has 1 heterocycles. The van der Waals surface area contributed by atoms with Crippen LogP contribution in [0, 0.1) is 0 Å². The van der Waals surface area contributed by atoms with Crippen LogP contribution in [0.1, 0.15) is 57.3 Å². The number of amides is 1. The number of unbranched alkanes of at least 4 members (excludes halogenated alkanes) is 1. The van der Waals surface area contributed by atoms with Gasteiger partial charge in [0.05, 0.1) is 17.3 Å². The molecular weight excluding hydrogens is 332 g/mol. The van der Waals surface area contributed by atoms with E-state index in [1.54, 1.807) is 17.0 Å². The van der Waals surface area contributed by atoms with Gasteiger partial charge in [0.2, 0.25) is 0 Å². The van der Waals surface area contributed by atoms with E-state index in [9.17, 15) is 14.7 Å². The standard InChI is InChI=1S/C20H30N2O4/c1-5-6-9-15-14-21(17-11-8-7-10-16(17)18(23)24)12-13-22(15)19(25)26-20(2,3)4/h7-8,10-11,15H,5-6,9,12-14H2,1-4H3,(H,23,24)/t15-/m1/s1. The Morgan fingerprint density at radius 1 is 1.23 bits per heavy atom. The Kier molecular flexibility index (Phi) is 6.51. The third kappa shape index (κ3) is 5.13. The van der Waals surface area contributed by atoms with E-state index in [-0.39, 0.29) is 12.1 Å². The second kappa shape index (κ2) is 8.43. The van der Waals surface area contributed by atoms with Gasteiger partial charge in [-0.2, -0.15) is 0 Å². The third-order valence-corrected chi connectivity index (χ3v) is 4.48. The number of anilines is 1. The number of hydrogen-bond donors (Lipinski definition) is 1. The topological polar surface area (TPSA) is 70.1 Å². The maximum Gasteiger partial charge on any atom is 0.410 e.